The van der Waals surface area contributed by atoms with Crippen LogP contribution in [0, 0.1) is 6.92 Å². The predicted octanol–water partition coefficient (Wildman–Crippen LogP) is 3.41. The molecule has 27 heavy (non-hydrogen) atoms. The van der Waals surface area contributed by atoms with E-state index in [0.717, 1.165) is 5.56 Å². The quantitative estimate of drug-likeness (QED) is 0.702. The second kappa shape index (κ2) is 8.87. The van der Waals surface area contributed by atoms with Gasteiger partial charge in [-0.25, -0.2) is 13.1 Å². The van der Waals surface area contributed by atoms with Crippen LogP contribution in [0.1, 0.15) is 31.4 Å². The Kier molecular flexibility index (Phi) is 7.03. The van der Waals surface area contributed by atoms with E-state index in [1.54, 1.807) is 12.1 Å². The van der Waals surface area contributed by atoms with Crippen molar-refractivity contribution in [3.8, 4) is 0 Å². The molecule has 0 radical (unpaired) electrons. The van der Waals surface area contributed by atoms with Crippen molar-refractivity contribution in [2.24, 2.45) is 0 Å². The van der Waals surface area contributed by atoms with Crippen molar-refractivity contribution in [2.75, 3.05) is 13.1 Å². The normalized spacial score (nSPS) is 12.0. The molecule has 0 atom stereocenters. The minimum Gasteiger partial charge on any atom is -0.355 e. The van der Waals surface area contributed by atoms with Crippen LogP contribution >= 0.6 is 11.6 Å². The molecule has 0 aliphatic rings. The molecule has 0 aliphatic carbocycles. The Morgan fingerprint density at radius 2 is 1.81 bits per heavy atom. The number of amides is 1. The van der Waals surface area contributed by atoms with Crippen molar-refractivity contribution in [2.45, 2.75) is 37.5 Å². The number of nitrogens with one attached hydrogen (secondary N) is 2. The van der Waals surface area contributed by atoms with Gasteiger partial charge in [-0.2, -0.15) is 0 Å². The number of aryl methyl sites for hydroxylation is 1. The van der Waals surface area contributed by atoms with Crippen molar-refractivity contribution >= 4 is 27.5 Å². The summed E-state index contributed by atoms with van der Waals surface area (Å²) in [5.74, 6) is -0.204. The Labute approximate surface area is 166 Å². The lowest BCUT2D eigenvalue weighted by Gasteiger charge is -2.26. The van der Waals surface area contributed by atoms with Crippen LogP contribution in [0.2, 0.25) is 5.02 Å². The van der Waals surface area contributed by atoms with E-state index in [2.05, 4.69) is 30.0 Å². The number of sulfonamides is 1. The fourth-order valence-electron chi connectivity index (χ4n) is 2.59. The Hall–Kier alpha value is -1.89. The van der Waals surface area contributed by atoms with E-state index < -0.39 is 10.0 Å². The van der Waals surface area contributed by atoms with E-state index in [1.165, 1.54) is 17.7 Å². The van der Waals surface area contributed by atoms with Gasteiger partial charge < -0.3 is 5.32 Å². The first-order valence-corrected chi connectivity index (χ1v) is 10.6. The molecule has 146 valence electrons. The van der Waals surface area contributed by atoms with Crippen LogP contribution in [0.3, 0.4) is 0 Å². The first kappa shape index (κ1) is 21.4. The number of rotatable bonds is 8. The molecular weight excluding hydrogens is 384 g/mol. The van der Waals surface area contributed by atoms with Crippen molar-refractivity contribution in [1.29, 1.82) is 0 Å². The molecule has 0 aromatic heterocycles. The Morgan fingerprint density at radius 1 is 1.11 bits per heavy atom. The van der Waals surface area contributed by atoms with Gasteiger partial charge >= 0.3 is 0 Å². The van der Waals surface area contributed by atoms with E-state index >= 15 is 0 Å². The van der Waals surface area contributed by atoms with E-state index in [9.17, 15) is 13.2 Å². The molecule has 2 aromatic rings. The molecule has 7 heteroatoms. The number of hydrogen-bond acceptors (Lipinski definition) is 3. The van der Waals surface area contributed by atoms with Crippen molar-refractivity contribution < 1.29 is 13.2 Å². The van der Waals surface area contributed by atoms with Gasteiger partial charge in [0.1, 0.15) is 0 Å². The Balaban J connectivity index is 1.84. The molecule has 2 rings (SSSR count). The van der Waals surface area contributed by atoms with Gasteiger partial charge in [0.15, 0.2) is 0 Å². The van der Waals surface area contributed by atoms with Gasteiger partial charge in [-0.05, 0) is 30.7 Å². The van der Waals surface area contributed by atoms with Gasteiger partial charge in [0, 0.05) is 29.9 Å². The molecule has 0 unspecified atom stereocenters. The number of hydrogen-bond donors (Lipinski definition) is 2. The third-order valence-corrected chi connectivity index (χ3v) is 5.97. The van der Waals surface area contributed by atoms with Crippen LogP contribution in [0.15, 0.2) is 53.4 Å². The summed E-state index contributed by atoms with van der Waals surface area (Å²) in [6, 6.07) is 14.2. The average molecular weight is 409 g/mol. The van der Waals surface area contributed by atoms with Gasteiger partial charge in [-0.3, -0.25) is 4.79 Å². The monoisotopic (exact) mass is 408 g/mol. The van der Waals surface area contributed by atoms with Crippen LogP contribution in [-0.2, 0) is 20.2 Å². The van der Waals surface area contributed by atoms with Crippen molar-refractivity contribution in [3.05, 3.63) is 64.7 Å². The molecule has 0 aliphatic heterocycles. The number of halogens is 1. The summed E-state index contributed by atoms with van der Waals surface area (Å²) in [6.45, 7) is 6.64. The van der Waals surface area contributed by atoms with E-state index in [4.69, 9.17) is 11.6 Å². The van der Waals surface area contributed by atoms with Crippen LogP contribution in [-0.4, -0.2) is 27.4 Å². The molecule has 2 aromatic carbocycles. The highest BCUT2D eigenvalue weighted by Gasteiger charge is 2.21. The number of carbonyl (C=O) groups is 1. The summed E-state index contributed by atoms with van der Waals surface area (Å²) >= 11 is 5.82. The second-order valence-electron chi connectivity index (χ2n) is 7.14. The van der Waals surface area contributed by atoms with Crippen molar-refractivity contribution in [3.63, 3.8) is 0 Å². The van der Waals surface area contributed by atoms with Gasteiger partial charge in [-0.1, -0.05) is 61.3 Å². The number of benzene rings is 2. The molecule has 1 amide bonds. The fourth-order valence-corrected chi connectivity index (χ4v) is 3.92. The van der Waals surface area contributed by atoms with E-state index in [1.807, 2.05) is 25.1 Å². The maximum Gasteiger partial charge on any atom is 0.240 e. The molecule has 0 fully saturated rings. The van der Waals surface area contributed by atoms with Crippen LogP contribution < -0.4 is 10.0 Å². The minimum atomic E-state index is -3.68. The number of carbonyl (C=O) groups excluding carboxylic acids is 1. The third kappa shape index (κ3) is 6.34. The highest BCUT2D eigenvalue weighted by molar-refractivity contribution is 7.89. The summed E-state index contributed by atoms with van der Waals surface area (Å²) in [6.07, 6.45) is 0.0592. The fraction of sp³-hybridized carbons (Fsp3) is 0.350. The average Bonchev–Trinajstić information content (AvgIpc) is 2.60. The first-order valence-electron chi connectivity index (χ1n) is 8.69. The minimum absolute atomic E-state index is 0.0194. The van der Waals surface area contributed by atoms with Gasteiger partial charge in [0.25, 0.3) is 0 Å². The molecule has 5 nitrogen and oxygen atoms in total. The molecule has 0 heterocycles. The van der Waals surface area contributed by atoms with Gasteiger partial charge in [0.05, 0.1) is 4.90 Å². The second-order valence-corrected chi connectivity index (χ2v) is 9.34. The maximum atomic E-state index is 12.2. The topological polar surface area (TPSA) is 75.3 Å². The standard InChI is InChI=1S/C20H25ClN2O3S/c1-15-6-4-7-16(12-15)20(2,3)14-22-19(24)10-11-23-27(25,26)18-9-5-8-17(21)13-18/h4-9,12-13,23H,10-11,14H2,1-3H3,(H,22,24). The van der Waals surface area contributed by atoms with Crippen LogP contribution in [0.4, 0.5) is 0 Å². The lowest BCUT2D eigenvalue weighted by Crippen LogP contribution is -2.38. The lowest BCUT2D eigenvalue weighted by atomic mass is 9.84. The summed E-state index contributed by atoms with van der Waals surface area (Å²) in [4.78, 5) is 12.2. The maximum absolute atomic E-state index is 12.2. The zero-order valence-electron chi connectivity index (χ0n) is 15.8. The highest BCUT2D eigenvalue weighted by atomic mass is 35.5. The highest BCUT2D eigenvalue weighted by Crippen LogP contribution is 2.23. The van der Waals surface area contributed by atoms with E-state index in [-0.39, 0.29) is 29.2 Å². The van der Waals surface area contributed by atoms with Gasteiger partial charge in [-0.15, -0.1) is 0 Å². The zero-order chi connectivity index (χ0) is 20.1. The molecular formula is C20H25ClN2O3S. The predicted molar refractivity (Wildman–Crippen MR) is 108 cm³/mol. The third-order valence-electron chi connectivity index (χ3n) is 4.28. The smallest absolute Gasteiger partial charge is 0.240 e. The summed E-state index contributed by atoms with van der Waals surface area (Å²) < 4.78 is 26.8. The molecule has 0 saturated carbocycles. The zero-order valence-corrected chi connectivity index (χ0v) is 17.3. The van der Waals surface area contributed by atoms with Crippen molar-refractivity contribution in [1.82, 2.24) is 10.0 Å². The molecule has 2 N–H and O–H groups in total. The Morgan fingerprint density at radius 3 is 2.48 bits per heavy atom. The lowest BCUT2D eigenvalue weighted by molar-refractivity contribution is -0.121. The van der Waals surface area contributed by atoms with E-state index in [0.29, 0.717) is 11.6 Å². The van der Waals surface area contributed by atoms with Gasteiger partial charge in [0.2, 0.25) is 15.9 Å². The molecule has 0 saturated heterocycles. The first-order chi connectivity index (χ1) is 12.6. The largest absolute Gasteiger partial charge is 0.355 e. The van der Waals surface area contributed by atoms with Crippen LogP contribution in [0.5, 0.6) is 0 Å². The molecule has 0 bridgehead atoms. The summed E-state index contributed by atoms with van der Waals surface area (Å²) in [7, 11) is -3.68. The molecule has 0 spiro atoms. The Bertz CT molecular complexity index is 911. The SMILES string of the molecule is Cc1cccc(C(C)(C)CNC(=O)CCNS(=O)(=O)c2cccc(Cl)c2)c1. The van der Waals surface area contributed by atoms with Crippen LogP contribution in [0.25, 0.3) is 0 Å². The summed E-state index contributed by atoms with van der Waals surface area (Å²) in [5.41, 5.74) is 2.09. The summed E-state index contributed by atoms with van der Waals surface area (Å²) in [5, 5.41) is 3.22.